The largest absolute Gasteiger partial charge is 0.496 e. The molecule has 2 aromatic carbocycles. The average Bonchev–Trinajstić information content (AvgIpc) is 2.59. The Morgan fingerprint density at radius 1 is 1.19 bits per heavy atom. The minimum Gasteiger partial charge on any atom is -0.496 e. The van der Waals surface area contributed by atoms with Crippen LogP contribution in [0.2, 0.25) is 5.02 Å². The van der Waals surface area contributed by atoms with E-state index in [-0.39, 0.29) is 17.2 Å². The fourth-order valence-electron chi connectivity index (χ4n) is 2.36. The van der Waals surface area contributed by atoms with Gasteiger partial charge in [-0.2, -0.15) is 0 Å². The highest BCUT2D eigenvalue weighted by atomic mass is 35.5. The fraction of sp³-hybridized carbons (Fsp3) is 0.278. The molecule has 0 radical (unpaired) electrons. The lowest BCUT2D eigenvalue weighted by atomic mass is 10.1. The molecular formula is C18H21ClN2O4S. The van der Waals surface area contributed by atoms with Gasteiger partial charge in [0, 0.05) is 31.2 Å². The third-order valence-corrected chi connectivity index (χ3v) is 5.81. The summed E-state index contributed by atoms with van der Waals surface area (Å²) < 4.78 is 31.0. The van der Waals surface area contributed by atoms with Crippen molar-refractivity contribution in [1.29, 1.82) is 0 Å². The third-order valence-electron chi connectivity index (χ3n) is 3.76. The summed E-state index contributed by atoms with van der Waals surface area (Å²) in [4.78, 5) is 12.3. The molecule has 0 aromatic heterocycles. The number of halogens is 1. The molecule has 26 heavy (non-hydrogen) atoms. The van der Waals surface area contributed by atoms with Gasteiger partial charge in [0.25, 0.3) is 0 Å². The number of carbonyl (C=O) groups excluding carboxylic acids is 1. The summed E-state index contributed by atoms with van der Waals surface area (Å²) in [6.07, 6.45) is 0.515. The summed E-state index contributed by atoms with van der Waals surface area (Å²) in [5, 5.41) is 3.30. The number of nitrogens with zero attached hydrogens (tertiary/aromatic N) is 1. The molecule has 0 spiro atoms. The number of methoxy groups -OCH3 is 1. The standard InChI is InChI=1S/C18H21ClN2O4S/c1-21(2)26(23,24)16-8-9-17(25-3)13(11-16)7-10-18(22)20-15-6-4-5-14(19)12-15/h4-6,8-9,11-12H,7,10H2,1-3H3,(H,20,22). The van der Waals surface area contributed by atoms with Crippen molar-refractivity contribution < 1.29 is 17.9 Å². The van der Waals surface area contributed by atoms with E-state index in [1.165, 1.54) is 27.3 Å². The molecule has 0 heterocycles. The Hall–Kier alpha value is -2.09. The van der Waals surface area contributed by atoms with Crippen molar-refractivity contribution in [2.45, 2.75) is 17.7 Å². The topological polar surface area (TPSA) is 75.7 Å². The number of hydrogen-bond donors (Lipinski definition) is 1. The Kier molecular flexibility index (Phi) is 6.63. The van der Waals surface area contributed by atoms with Gasteiger partial charge in [0.1, 0.15) is 5.75 Å². The molecule has 0 atom stereocenters. The zero-order valence-corrected chi connectivity index (χ0v) is 16.4. The van der Waals surface area contributed by atoms with E-state index in [2.05, 4.69) is 5.32 Å². The molecule has 0 unspecified atom stereocenters. The maximum Gasteiger partial charge on any atom is 0.242 e. The van der Waals surface area contributed by atoms with Crippen LogP contribution in [-0.4, -0.2) is 39.8 Å². The first kappa shape index (κ1) is 20.2. The smallest absolute Gasteiger partial charge is 0.242 e. The van der Waals surface area contributed by atoms with Crippen LogP contribution in [-0.2, 0) is 21.2 Å². The van der Waals surface area contributed by atoms with E-state index in [9.17, 15) is 13.2 Å². The highest BCUT2D eigenvalue weighted by molar-refractivity contribution is 7.89. The number of amides is 1. The number of carbonyl (C=O) groups is 1. The van der Waals surface area contributed by atoms with E-state index in [4.69, 9.17) is 16.3 Å². The quantitative estimate of drug-likeness (QED) is 0.779. The van der Waals surface area contributed by atoms with Crippen LogP contribution >= 0.6 is 11.6 Å². The van der Waals surface area contributed by atoms with E-state index < -0.39 is 10.0 Å². The van der Waals surface area contributed by atoms with Crippen molar-refractivity contribution >= 4 is 33.2 Å². The molecule has 6 nitrogen and oxygen atoms in total. The highest BCUT2D eigenvalue weighted by Crippen LogP contribution is 2.25. The zero-order valence-electron chi connectivity index (χ0n) is 14.8. The van der Waals surface area contributed by atoms with Gasteiger partial charge >= 0.3 is 0 Å². The normalized spacial score (nSPS) is 11.4. The maximum atomic E-state index is 12.3. The van der Waals surface area contributed by atoms with E-state index in [0.717, 1.165) is 4.31 Å². The molecular weight excluding hydrogens is 376 g/mol. The number of ether oxygens (including phenoxy) is 1. The molecule has 0 fully saturated rings. The van der Waals surface area contributed by atoms with E-state index in [0.29, 0.717) is 28.4 Å². The number of hydrogen-bond acceptors (Lipinski definition) is 4. The van der Waals surface area contributed by atoms with Gasteiger partial charge < -0.3 is 10.1 Å². The summed E-state index contributed by atoms with van der Waals surface area (Å²) in [5.41, 5.74) is 1.26. The molecule has 0 aliphatic carbocycles. The van der Waals surface area contributed by atoms with Crippen LogP contribution in [0.1, 0.15) is 12.0 Å². The van der Waals surface area contributed by atoms with Crippen LogP contribution in [0.3, 0.4) is 0 Å². The van der Waals surface area contributed by atoms with E-state index in [1.54, 1.807) is 36.4 Å². The Labute approximate surface area is 158 Å². The number of rotatable bonds is 7. The summed E-state index contributed by atoms with van der Waals surface area (Å²) in [6, 6.07) is 11.5. The average molecular weight is 397 g/mol. The summed E-state index contributed by atoms with van der Waals surface area (Å²) in [7, 11) is 0.891. The highest BCUT2D eigenvalue weighted by Gasteiger charge is 2.19. The molecule has 0 aliphatic rings. The monoisotopic (exact) mass is 396 g/mol. The van der Waals surface area contributed by atoms with Crippen molar-refractivity contribution in [2.24, 2.45) is 0 Å². The van der Waals surface area contributed by atoms with Crippen LogP contribution in [0.25, 0.3) is 0 Å². The molecule has 0 aliphatic heterocycles. The van der Waals surface area contributed by atoms with E-state index >= 15 is 0 Å². The summed E-state index contributed by atoms with van der Waals surface area (Å²) in [6.45, 7) is 0. The van der Waals surface area contributed by atoms with Gasteiger partial charge in [-0.25, -0.2) is 12.7 Å². The molecule has 2 rings (SSSR count). The first-order valence-electron chi connectivity index (χ1n) is 7.89. The second-order valence-electron chi connectivity index (χ2n) is 5.82. The fourth-order valence-corrected chi connectivity index (χ4v) is 3.50. The van der Waals surface area contributed by atoms with Gasteiger partial charge in [0.15, 0.2) is 0 Å². The Morgan fingerprint density at radius 2 is 1.92 bits per heavy atom. The summed E-state index contributed by atoms with van der Waals surface area (Å²) >= 11 is 5.90. The summed E-state index contributed by atoms with van der Waals surface area (Å²) in [5.74, 6) is 0.341. The zero-order chi connectivity index (χ0) is 19.3. The first-order chi connectivity index (χ1) is 12.2. The number of sulfonamides is 1. The van der Waals surface area contributed by atoms with Gasteiger partial charge in [-0.05, 0) is 48.4 Å². The van der Waals surface area contributed by atoms with Gasteiger partial charge in [0.2, 0.25) is 15.9 Å². The first-order valence-corrected chi connectivity index (χ1v) is 9.70. The molecule has 0 bridgehead atoms. The molecule has 140 valence electrons. The van der Waals surface area contributed by atoms with Crippen LogP contribution < -0.4 is 10.1 Å². The molecule has 0 saturated carbocycles. The van der Waals surface area contributed by atoms with Crippen molar-refractivity contribution in [3.63, 3.8) is 0 Å². The molecule has 2 aromatic rings. The van der Waals surface area contributed by atoms with Crippen molar-refractivity contribution in [3.05, 3.63) is 53.1 Å². The lowest BCUT2D eigenvalue weighted by Gasteiger charge is -2.14. The second kappa shape index (κ2) is 8.53. The van der Waals surface area contributed by atoms with Crippen LogP contribution in [0, 0.1) is 0 Å². The van der Waals surface area contributed by atoms with Gasteiger partial charge in [0.05, 0.1) is 12.0 Å². The van der Waals surface area contributed by atoms with Gasteiger partial charge in [-0.15, -0.1) is 0 Å². The van der Waals surface area contributed by atoms with Crippen molar-refractivity contribution in [3.8, 4) is 5.75 Å². The number of nitrogens with one attached hydrogen (secondary N) is 1. The molecule has 1 N–H and O–H groups in total. The van der Waals surface area contributed by atoms with E-state index in [1.807, 2.05) is 0 Å². The minimum absolute atomic E-state index is 0.161. The third kappa shape index (κ3) is 4.97. The molecule has 0 saturated heterocycles. The van der Waals surface area contributed by atoms with Crippen LogP contribution in [0.15, 0.2) is 47.4 Å². The van der Waals surface area contributed by atoms with Crippen LogP contribution in [0.4, 0.5) is 5.69 Å². The van der Waals surface area contributed by atoms with Crippen LogP contribution in [0.5, 0.6) is 5.75 Å². The van der Waals surface area contributed by atoms with Crippen molar-refractivity contribution in [1.82, 2.24) is 4.31 Å². The Balaban J connectivity index is 2.14. The number of benzene rings is 2. The van der Waals surface area contributed by atoms with Gasteiger partial charge in [-0.3, -0.25) is 4.79 Å². The molecule has 1 amide bonds. The maximum absolute atomic E-state index is 12.3. The lowest BCUT2D eigenvalue weighted by Crippen LogP contribution is -2.22. The predicted molar refractivity (Wildman–Crippen MR) is 102 cm³/mol. The number of anilines is 1. The Morgan fingerprint density at radius 3 is 2.54 bits per heavy atom. The Bertz CT molecular complexity index is 898. The minimum atomic E-state index is -3.55. The second-order valence-corrected chi connectivity index (χ2v) is 8.41. The SMILES string of the molecule is COc1ccc(S(=O)(=O)N(C)C)cc1CCC(=O)Nc1cccc(Cl)c1. The number of aryl methyl sites for hydroxylation is 1. The lowest BCUT2D eigenvalue weighted by molar-refractivity contribution is -0.116. The van der Waals surface area contributed by atoms with Crippen molar-refractivity contribution in [2.75, 3.05) is 26.5 Å². The van der Waals surface area contributed by atoms with Gasteiger partial charge in [-0.1, -0.05) is 17.7 Å². The predicted octanol–water partition coefficient (Wildman–Crippen LogP) is 3.17. The molecule has 8 heteroatoms.